The Bertz CT molecular complexity index is 1430. The van der Waals surface area contributed by atoms with Gasteiger partial charge in [0.2, 0.25) is 0 Å². The normalized spacial score (nSPS) is 19.0. The number of benzene rings is 1. The SMILES string of the molecule is Cc1ccc2nc(C)c(-c3cc4nc(N5CCCC5)cc(N(C5CCOCC5)C5CC5)n4n3)nc2c1. The molecular weight excluding hydrogens is 450 g/mol. The van der Waals surface area contributed by atoms with Crippen LogP contribution < -0.4 is 9.80 Å². The second-order valence-corrected chi connectivity index (χ2v) is 10.6. The Kier molecular flexibility index (Phi) is 5.31. The molecule has 4 aromatic rings. The van der Waals surface area contributed by atoms with Crippen LogP contribution in [0.3, 0.4) is 0 Å². The first-order valence-electron chi connectivity index (χ1n) is 13.4. The van der Waals surface area contributed by atoms with Crippen molar-refractivity contribution in [3.63, 3.8) is 0 Å². The largest absolute Gasteiger partial charge is 0.381 e. The Hall–Kier alpha value is -3.26. The van der Waals surface area contributed by atoms with Crippen molar-refractivity contribution in [2.45, 2.75) is 64.5 Å². The molecule has 0 radical (unpaired) electrons. The zero-order chi connectivity index (χ0) is 24.2. The molecule has 3 fully saturated rings. The topological polar surface area (TPSA) is 71.7 Å². The molecule has 0 bridgehead atoms. The lowest BCUT2D eigenvalue weighted by Crippen LogP contribution is -2.42. The molecule has 2 aliphatic heterocycles. The first-order valence-corrected chi connectivity index (χ1v) is 13.4. The van der Waals surface area contributed by atoms with Crippen molar-refractivity contribution >= 4 is 28.3 Å². The van der Waals surface area contributed by atoms with Crippen LogP contribution in [0, 0.1) is 13.8 Å². The van der Waals surface area contributed by atoms with Crippen LogP contribution in [0.4, 0.5) is 11.6 Å². The summed E-state index contributed by atoms with van der Waals surface area (Å²) in [6, 6.07) is 11.6. The zero-order valence-electron chi connectivity index (χ0n) is 21.2. The van der Waals surface area contributed by atoms with E-state index >= 15 is 0 Å². The predicted octanol–water partition coefficient (Wildman–Crippen LogP) is 4.70. The molecule has 0 N–H and O–H groups in total. The number of ether oxygens (including phenoxy) is 1. The Labute approximate surface area is 211 Å². The predicted molar refractivity (Wildman–Crippen MR) is 142 cm³/mol. The lowest BCUT2D eigenvalue weighted by molar-refractivity contribution is 0.0838. The van der Waals surface area contributed by atoms with Crippen LogP contribution in [0.5, 0.6) is 0 Å². The molecule has 1 saturated carbocycles. The second-order valence-electron chi connectivity index (χ2n) is 10.6. The third-order valence-corrected chi connectivity index (χ3v) is 7.85. The van der Waals surface area contributed by atoms with E-state index in [9.17, 15) is 0 Å². The van der Waals surface area contributed by atoms with Gasteiger partial charge in [-0.15, -0.1) is 0 Å². The molecule has 0 unspecified atom stereocenters. The Morgan fingerprint density at radius 1 is 0.861 bits per heavy atom. The van der Waals surface area contributed by atoms with Gasteiger partial charge in [0.15, 0.2) is 5.65 Å². The van der Waals surface area contributed by atoms with Crippen LogP contribution in [0.1, 0.15) is 49.8 Å². The average molecular weight is 484 g/mol. The van der Waals surface area contributed by atoms with Gasteiger partial charge < -0.3 is 14.5 Å². The lowest BCUT2D eigenvalue weighted by Gasteiger charge is -2.36. The van der Waals surface area contributed by atoms with Gasteiger partial charge in [-0.3, -0.25) is 0 Å². The van der Waals surface area contributed by atoms with Gasteiger partial charge >= 0.3 is 0 Å². The molecule has 8 heteroatoms. The maximum Gasteiger partial charge on any atom is 0.160 e. The highest BCUT2D eigenvalue weighted by molar-refractivity contribution is 5.79. The monoisotopic (exact) mass is 483 g/mol. The van der Waals surface area contributed by atoms with Crippen molar-refractivity contribution in [3.05, 3.63) is 41.6 Å². The maximum atomic E-state index is 5.71. The fraction of sp³-hybridized carbons (Fsp3) is 0.500. The molecule has 1 aromatic carbocycles. The van der Waals surface area contributed by atoms with Gasteiger partial charge in [0.1, 0.15) is 23.0 Å². The zero-order valence-corrected chi connectivity index (χ0v) is 21.2. The summed E-state index contributed by atoms with van der Waals surface area (Å²) in [5, 5.41) is 5.13. The number of anilines is 2. The van der Waals surface area contributed by atoms with E-state index in [4.69, 9.17) is 24.8 Å². The van der Waals surface area contributed by atoms with Crippen molar-refractivity contribution < 1.29 is 4.74 Å². The number of nitrogens with zero attached hydrogens (tertiary/aromatic N) is 7. The van der Waals surface area contributed by atoms with E-state index in [2.05, 4.69) is 45.5 Å². The number of hydrogen-bond acceptors (Lipinski definition) is 7. The molecule has 186 valence electrons. The minimum Gasteiger partial charge on any atom is -0.381 e. The van der Waals surface area contributed by atoms with Gasteiger partial charge in [-0.05, 0) is 70.1 Å². The fourth-order valence-corrected chi connectivity index (χ4v) is 5.84. The molecule has 8 nitrogen and oxygen atoms in total. The minimum atomic E-state index is 0.473. The summed E-state index contributed by atoms with van der Waals surface area (Å²) in [7, 11) is 0. The van der Waals surface area contributed by atoms with Crippen molar-refractivity contribution in [2.24, 2.45) is 0 Å². The highest BCUT2D eigenvalue weighted by atomic mass is 16.5. The first-order chi connectivity index (χ1) is 17.6. The van der Waals surface area contributed by atoms with Crippen LogP contribution in [0.2, 0.25) is 0 Å². The average Bonchev–Trinajstić information content (AvgIpc) is 3.38. The van der Waals surface area contributed by atoms with Gasteiger partial charge in [0.05, 0.1) is 16.7 Å². The van der Waals surface area contributed by atoms with Crippen LogP contribution in [0.25, 0.3) is 28.1 Å². The quantitative estimate of drug-likeness (QED) is 0.407. The molecule has 1 aliphatic carbocycles. The van der Waals surface area contributed by atoms with Gasteiger partial charge in [0, 0.05) is 50.5 Å². The highest BCUT2D eigenvalue weighted by Gasteiger charge is 2.37. The maximum absolute atomic E-state index is 5.71. The summed E-state index contributed by atoms with van der Waals surface area (Å²) in [4.78, 5) is 20.0. The smallest absolute Gasteiger partial charge is 0.160 e. The molecule has 0 atom stereocenters. The van der Waals surface area contributed by atoms with E-state index in [1.165, 1.54) is 31.2 Å². The van der Waals surface area contributed by atoms with E-state index in [0.717, 1.165) is 84.5 Å². The van der Waals surface area contributed by atoms with E-state index in [0.29, 0.717) is 12.1 Å². The van der Waals surface area contributed by atoms with Gasteiger partial charge in [-0.25, -0.2) is 15.0 Å². The Balaban J connectivity index is 1.39. The van der Waals surface area contributed by atoms with E-state index in [1.807, 2.05) is 13.0 Å². The Morgan fingerprint density at radius 3 is 2.42 bits per heavy atom. The van der Waals surface area contributed by atoms with E-state index in [-0.39, 0.29) is 0 Å². The summed E-state index contributed by atoms with van der Waals surface area (Å²) >= 11 is 0. The van der Waals surface area contributed by atoms with Gasteiger partial charge in [-0.2, -0.15) is 9.61 Å². The van der Waals surface area contributed by atoms with Crippen LogP contribution >= 0.6 is 0 Å². The number of aryl methyl sites for hydroxylation is 2. The van der Waals surface area contributed by atoms with Gasteiger partial charge in [-0.1, -0.05) is 6.07 Å². The number of hydrogen-bond donors (Lipinski definition) is 0. The summed E-state index contributed by atoms with van der Waals surface area (Å²) in [5.41, 5.74) is 6.43. The van der Waals surface area contributed by atoms with Crippen LogP contribution in [0.15, 0.2) is 30.3 Å². The standard InChI is InChI=1S/C28H33N7O/c1-18-5-8-22-23(15-18)30-28(19(2)29-22)24-16-26-31-25(33-11-3-4-12-33)17-27(35(26)32-24)34(20-6-7-20)21-9-13-36-14-10-21/h5,8,15-17,20-21H,3-4,6-7,9-14H2,1-2H3. The summed E-state index contributed by atoms with van der Waals surface area (Å²) in [6.45, 7) is 7.91. The lowest BCUT2D eigenvalue weighted by atomic mass is 10.1. The molecule has 0 spiro atoms. The molecule has 36 heavy (non-hydrogen) atoms. The third kappa shape index (κ3) is 3.88. The molecule has 0 amide bonds. The first kappa shape index (κ1) is 22.0. The summed E-state index contributed by atoms with van der Waals surface area (Å²) < 4.78 is 7.77. The van der Waals surface area contributed by atoms with Crippen molar-refractivity contribution in [2.75, 3.05) is 36.1 Å². The summed E-state index contributed by atoms with van der Waals surface area (Å²) in [5.74, 6) is 2.22. The number of aromatic nitrogens is 5. The van der Waals surface area contributed by atoms with E-state index in [1.54, 1.807) is 0 Å². The third-order valence-electron chi connectivity index (χ3n) is 7.85. The molecule has 7 rings (SSSR count). The number of fused-ring (bicyclic) bond motifs is 2. The molecule has 3 aromatic heterocycles. The van der Waals surface area contributed by atoms with Crippen molar-refractivity contribution in [1.82, 2.24) is 24.6 Å². The van der Waals surface area contributed by atoms with Crippen molar-refractivity contribution in [1.29, 1.82) is 0 Å². The molecular formula is C28H33N7O. The van der Waals surface area contributed by atoms with Crippen molar-refractivity contribution in [3.8, 4) is 11.4 Å². The minimum absolute atomic E-state index is 0.473. The van der Waals surface area contributed by atoms with E-state index < -0.39 is 0 Å². The summed E-state index contributed by atoms with van der Waals surface area (Å²) in [6.07, 6.45) is 7.05. The van der Waals surface area contributed by atoms with Crippen LogP contribution in [-0.4, -0.2) is 63.0 Å². The van der Waals surface area contributed by atoms with Crippen LogP contribution in [-0.2, 0) is 4.74 Å². The second kappa shape index (κ2) is 8.69. The molecule has 5 heterocycles. The molecule has 3 aliphatic rings. The molecule has 2 saturated heterocycles. The fourth-order valence-electron chi connectivity index (χ4n) is 5.84. The van der Waals surface area contributed by atoms with Gasteiger partial charge in [0.25, 0.3) is 0 Å². The number of rotatable bonds is 5. The highest BCUT2D eigenvalue weighted by Crippen LogP contribution is 2.38. The Morgan fingerprint density at radius 2 is 1.64 bits per heavy atom.